The van der Waals surface area contributed by atoms with Crippen LogP contribution in [0.2, 0.25) is 0 Å². The molecule has 4 aromatic rings. The Morgan fingerprint density at radius 3 is 2.55 bits per heavy atom. The molecular formula is C22H18N4O5. The van der Waals surface area contributed by atoms with Crippen LogP contribution < -0.4 is 26.0 Å². The minimum atomic E-state index is -0.622. The van der Waals surface area contributed by atoms with Crippen molar-refractivity contribution in [2.75, 3.05) is 18.5 Å². The Balaban J connectivity index is 1.56. The highest BCUT2D eigenvalue weighted by atomic mass is 16.6. The number of anilines is 1. The predicted molar refractivity (Wildman–Crippen MR) is 115 cm³/mol. The van der Waals surface area contributed by atoms with Crippen LogP contribution in [0.5, 0.6) is 11.5 Å². The zero-order valence-electron chi connectivity index (χ0n) is 16.5. The molecule has 9 heteroatoms. The van der Waals surface area contributed by atoms with E-state index in [1.807, 2.05) is 0 Å². The molecule has 2 aromatic heterocycles. The number of para-hydroxylation sites is 1. The number of rotatable bonds is 3. The van der Waals surface area contributed by atoms with Crippen LogP contribution in [-0.2, 0) is 7.05 Å². The molecule has 2 aromatic carbocycles. The summed E-state index contributed by atoms with van der Waals surface area (Å²) in [6, 6.07) is 13.7. The van der Waals surface area contributed by atoms with Gasteiger partial charge in [-0.1, -0.05) is 18.2 Å². The van der Waals surface area contributed by atoms with Crippen LogP contribution in [-0.4, -0.2) is 33.2 Å². The third kappa shape index (κ3) is 3.16. The summed E-state index contributed by atoms with van der Waals surface area (Å²) in [5, 5.41) is 2.78. The van der Waals surface area contributed by atoms with Gasteiger partial charge < -0.3 is 24.3 Å². The summed E-state index contributed by atoms with van der Waals surface area (Å²) >= 11 is 0. The number of hydrogen-bond donors (Lipinski definition) is 2. The molecule has 0 atom stereocenters. The number of hydrogen-bond acceptors (Lipinski definition) is 5. The van der Waals surface area contributed by atoms with Crippen molar-refractivity contribution in [2.45, 2.75) is 0 Å². The molecule has 9 nitrogen and oxygen atoms in total. The lowest BCUT2D eigenvalue weighted by atomic mass is 10.2. The average Bonchev–Trinajstić information content (AvgIpc) is 3.11. The van der Waals surface area contributed by atoms with Crippen molar-refractivity contribution in [3.8, 4) is 17.2 Å². The Bertz CT molecular complexity index is 1430. The molecule has 1 aliphatic heterocycles. The lowest BCUT2D eigenvalue weighted by Crippen LogP contribution is -2.34. The van der Waals surface area contributed by atoms with Crippen LogP contribution in [0.25, 0.3) is 16.7 Å². The van der Waals surface area contributed by atoms with Gasteiger partial charge in [-0.15, -0.1) is 0 Å². The lowest BCUT2D eigenvalue weighted by Gasteiger charge is -2.18. The number of aromatic amines is 1. The Morgan fingerprint density at radius 2 is 1.77 bits per heavy atom. The zero-order chi connectivity index (χ0) is 21.5. The number of aryl methyl sites for hydroxylation is 1. The second-order valence-electron chi connectivity index (χ2n) is 7.10. The summed E-state index contributed by atoms with van der Waals surface area (Å²) in [5.41, 5.74) is 0.400. The maximum Gasteiger partial charge on any atom is 0.333 e. The van der Waals surface area contributed by atoms with Crippen molar-refractivity contribution in [1.82, 2.24) is 14.1 Å². The van der Waals surface area contributed by atoms with E-state index >= 15 is 0 Å². The highest BCUT2D eigenvalue weighted by Gasteiger charge is 2.21. The minimum absolute atomic E-state index is 0.180. The quantitative estimate of drug-likeness (QED) is 0.530. The van der Waals surface area contributed by atoms with E-state index in [1.165, 1.54) is 10.8 Å². The molecule has 0 radical (unpaired) electrons. The van der Waals surface area contributed by atoms with E-state index in [4.69, 9.17) is 9.47 Å². The SMILES string of the molecule is Cn1cc(C(=O)Nc2ccc3c(c2)OCCO3)c2[nH]c(=O)n(-c3ccccc3)c(=O)c21. The Morgan fingerprint density at radius 1 is 1.03 bits per heavy atom. The van der Waals surface area contributed by atoms with Gasteiger partial charge in [-0.25, -0.2) is 9.36 Å². The third-order valence-electron chi connectivity index (χ3n) is 5.08. The highest BCUT2D eigenvalue weighted by molar-refractivity contribution is 6.11. The number of amides is 1. The average molecular weight is 418 g/mol. The first kappa shape index (κ1) is 18.7. The number of carbonyl (C=O) groups is 1. The van der Waals surface area contributed by atoms with Gasteiger partial charge in [0.2, 0.25) is 0 Å². The Hall–Kier alpha value is -4.27. The monoisotopic (exact) mass is 418 g/mol. The summed E-state index contributed by atoms with van der Waals surface area (Å²) in [5.74, 6) is 0.691. The molecule has 0 unspecified atom stereocenters. The molecule has 0 spiro atoms. The number of carbonyl (C=O) groups excluding carboxylic acids is 1. The number of nitrogens with one attached hydrogen (secondary N) is 2. The maximum atomic E-state index is 13.1. The van der Waals surface area contributed by atoms with Gasteiger partial charge in [-0.2, -0.15) is 0 Å². The summed E-state index contributed by atoms with van der Waals surface area (Å²) < 4.78 is 13.6. The van der Waals surface area contributed by atoms with E-state index in [-0.39, 0.29) is 16.6 Å². The number of ether oxygens (including phenoxy) is 2. The standard InChI is InChI=1S/C22H18N4O5/c1-25-12-15(20(27)23-13-7-8-16-17(11-13)31-10-9-30-16)18-19(25)21(28)26(22(29)24-18)14-5-3-2-4-6-14/h2-8,11-12H,9-10H2,1H3,(H,23,27)(H,24,29). The minimum Gasteiger partial charge on any atom is -0.486 e. The van der Waals surface area contributed by atoms with Gasteiger partial charge in [0, 0.05) is 25.0 Å². The molecule has 1 amide bonds. The molecular weight excluding hydrogens is 400 g/mol. The fourth-order valence-corrected chi connectivity index (χ4v) is 3.68. The van der Waals surface area contributed by atoms with Gasteiger partial charge in [0.1, 0.15) is 18.7 Å². The normalized spacial score (nSPS) is 12.7. The largest absolute Gasteiger partial charge is 0.486 e. The van der Waals surface area contributed by atoms with Crippen LogP contribution in [0.3, 0.4) is 0 Å². The second kappa shape index (κ2) is 7.21. The molecule has 0 aliphatic carbocycles. The first-order valence-corrected chi connectivity index (χ1v) is 9.64. The van der Waals surface area contributed by atoms with E-state index in [2.05, 4.69) is 10.3 Å². The van der Waals surface area contributed by atoms with E-state index < -0.39 is 17.2 Å². The summed E-state index contributed by atoms with van der Waals surface area (Å²) in [4.78, 5) is 41.4. The van der Waals surface area contributed by atoms with E-state index in [0.717, 1.165) is 4.57 Å². The molecule has 0 saturated heterocycles. The summed E-state index contributed by atoms with van der Waals surface area (Å²) in [6.07, 6.45) is 1.52. The van der Waals surface area contributed by atoms with Crippen LogP contribution in [0.4, 0.5) is 5.69 Å². The Kier molecular flexibility index (Phi) is 4.36. The fraction of sp³-hybridized carbons (Fsp3) is 0.136. The van der Waals surface area contributed by atoms with Gasteiger partial charge in [0.05, 0.1) is 16.8 Å². The first-order valence-electron chi connectivity index (χ1n) is 9.64. The molecule has 5 rings (SSSR count). The third-order valence-corrected chi connectivity index (χ3v) is 5.08. The van der Waals surface area contributed by atoms with E-state index in [0.29, 0.717) is 36.1 Å². The van der Waals surface area contributed by atoms with Crippen LogP contribution in [0, 0.1) is 0 Å². The number of fused-ring (bicyclic) bond motifs is 2. The van der Waals surface area contributed by atoms with Gasteiger partial charge >= 0.3 is 5.69 Å². The van der Waals surface area contributed by atoms with Gasteiger partial charge in [-0.05, 0) is 24.3 Å². The lowest BCUT2D eigenvalue weighted by molar-refractivity contribution is 0.102. The molecule has 2 N–H and O–H groups in total. The number of H-pyrrole nitrogens is 1. The van der Waals surface area contributed by atoms with Gasteiger partial charge in [-0.3, -0.25) is 9.59 Å². The predicted octanol–water partition coefficient (Wildman–Crippen LogP) is 2.04. The van der Waals surface area contributed by atoms with Crippen molar-refractivity contribution >= 4 is 22.6 Å². The van der Waals surface area contributed by atoms with Crippen molar-refractivity contribution in [3.63, 3.8) is 0 Å². The summed E-state index contributed by atoms with van der Waals surface area (Å²) in [7, 11) is 1.65. The summed E-state index contributed by atoms with van der Waals surface area (Å²) in [6.45, 7) is 0.908. The number of aromatic nitrogens is 3. The molecule has 0 fully saturated rings. The number of nitrogens with zero attached hydrogens (tertiary/aromatic N) is 2. The van der Waals surface area contributed by atoms with E-state index in [9.17, 15) is 14.4 Å². The smallest absolute Gasteiger partial charge is 0.333 e. The number of benzene rings is 2. The van der Waals surface area contributed by atoms with Crippen LogP contribution >= 0.6 is 0 Å². The second-order valence-corrected chi connectivity index (χ2v) is 7.10. The van der Waals surface area contributed by atoms with Crippen molar-refractivity contribution in [2.24, 2.45) is 7.05 Å². The van der Waals surface area contributed by atoms with E-state index in [1.54, 1.807) is 55.6 Å². The molecule has 156 valence electrons. The molecule has 0 saturated carbocycles. The molecule has 0 bridgehead atoms. The highest BCUT2D eigenvalue weighted by Crippen LogP contribution is 2.32. The molecule has 31 heavy (non-hydrogen) atoms. The van der Waals surface area contributed by atoms with Crippen molar-refractivity contribution in [1.29, 1.82) is 0 Å². The first-order chi connectivity index (χ1) is 15.0. The molecule has 1 aliphatic rings. The topological polar surface area (TPSA) is 107 Å². The van der Waals surface area contributed by atoms with Crippen LogP contribution in [0.15, 0.2) is 64.3 Å². The van der Waals surface area contributed by atoms with Crippen LogP contribution in [0.1, 0.15) is 10.4 Å². The maximum absolute atomic E-state index is 13.1. The zero-order valence-corrected chi connectivity index (χ0v) is 16.5. The molecule has 3 heterocycles. The Labute approximate surface area is 175 Å². The van der Waals surface area contributed by atoms with Gasteiger partial charge in [0.25, 0.3) is 11.5 Å². The van der Waals surface area contributed by atoms with Gasteiger partial charge in [0.15, 0.2) is 11.5 Å². The van der Waals surface area contributed by atoms with Crippen molar-refractivity contribution in [3.05, 3.63) is 81.1 Å². The van der Waals surface area contributed by atoms with Crippen molar-refractivity contribution < 1.29 is 14.3 Å². The fourth-order valence-electron chi connectivity index (χ4n) is 3.68.